The van der Waals surface area contributed by atoms with E-state index in [2.05, 4.69) is 39.0 Å². The molecule has 0 bridgehead atoms. The van der Waals surface area contributed by atoms with Gasteiger partial charge in [0, 0.05) is 12.6 Å². The van der Waals surface area contributed by atoms with Crippen LogP contribution in [0.3, 0.4) is 0 Å². The van der Waals surface area contributed by atoms with Crippen molar-refractivity contribution in [2.75, 3.05) is 13.7 Å². The summed E-state index contributed by atoms with van der Waals surface area (Å²) < 4.78 is 5.21. The molecule has 0 aromatic heterocycles. The summed E-state index contributed by atoms with van der Waals surface area (Å²) in [5, 5.41) is 0. The summed E-state index contributed by atoms with van der Waals surface area (Å²) >= 11 is 0. The lowest BCUT2D eigenvalue weighted by atomic mass is 9.89. The Bertz CT molecular complexity index is 328. The van der Waals surface area contributed by atoms with Crippen LogP contribution in [0.1, 0.15) is 30.0 Å². The molecule has 0 heterocycles. The molecule has 1 aromatic rings. The average Bonchev–Trinajstić information content (AvgIpc) is 2.16. The van der Waals surface area contributed by atoms with Crippen LogP contribution in [0.5, 0.6) is 0 Å². The molecular weight excluding hydrogens is 198 g/mol. The minimum atomic E-state index is -0.241. The maximum atomic E-state index is 6.31. The van der Waals surface area contributed by atoms with Gasteiger partial charge in [-0.25, -0.2) is 0 Å². The van der Waals surface area contributed by atoms with Crippen LogP contribution in [0.2, 0.25) is 0 Å². The van der Waals surface area contributed by atoms with Gasteiger partial charge in [0.15, 0.2) is 0 Å². The van der Waals surface area contributed by atoms with Gasteiger partial charge in [0.05, 0.1) is 6.61 Å². The molecule has 0 saturated carbocycles. The van der Waals surface area contributed by atoms with E-state index in [1.807, 2.05) is 0 Å². The molecule has 0 amide bonds. The molecule has 1 atom stereocenters. The quantitative estimate of drug-likeness (QED) is 0.829. The molecule has 0 aliphatic carbocycles. The van der Waals surface area contributed by atoms with Gasteiger partial charge in [0.25, 0.3) is 0 Å². The van der Waals surface area contributed by atoms with Crippen LogP contribution in [-0.4, -0.2) is 19.3 Å². The van der Waals surface area contributed by atoms with Gasteiger partial charge >= 0.3 is 0 Å². The fraction of sp³-hybridized carbons (Fsp3) is 0.571. The second-order valence-corrected chi connectivity index (χ2v) is 4.82. The smallest absolute Gasteiger partial charge is 0.0645 e. The second-order valence-electron chi connectivity index (χ2n) is 4.82. The van der Waals surface area contributed by atoms with Crippen LogP contribution in [0.15, 0.2) is 18.2 Å². The third-order valence-corrected chi connectivity index (χ3v) is 2.97. The van der Waals surface area contributed by atoms with Gasteiger partial charge in [-0.2, -0.15) is 0 Å². The van der Waals surface area contributed by atoms with Crippen LogP contribution < -0.4 is 5.73 Å². The largest absolute Gasteiger partial charge is 0.383 e. The van der Waals surface area contributed by atoms with E-state index in [-0.39, 0.29) is 5.54 Å². The predicted octanol–water partition coefficient (Wildman–Crippen LogP) is 2.60. The minimum Gasteiger partial charge on any atom is -0.383 e. The number of hydrogen-bond acceptors (Lipinski definition) is 2. The third-order valence-electron chi connectivity index (χ3n) is 2.97. The Balaban J connectivity index is 2.85. The molecule has 90 valence electrons. The van der Waals surface area contributed by atoms with Crippen molar-refractivity contribution in [1.82, 2.24) is 0 Å². The topological polar surface area (TPSA) is 35.2 Å². The van der Waals surface area contributed by atoms with Crippen LogP contribution in [0, 0.1) is 13.8 Å². The molecule has 0 aliphatic rings. The summed E-state index contributed by atoms with van der Waals surface area (Å²) in [6.45, 7) is 6.96. The minimum absolute atomic E-state index is 0.241. The Morgan fingerprint density at radius 2 is 1.75 bits per heavy atom. The fourth-order valence-corrected chi connectivity index (χ4v) is 2.14. The molecule has 0 saturated heterocycles. The van der Waals surface area contributed by atoms with Crippen LogP contribution >= 0.6 is 0 Å². The summed E-state index contributed by atoms with van der Waals surface area (Å²) in [6, 6.07) is 6.60. The monoisotopic (exact) mass is 221 g/mol. The molecule has 2 N–H and O–H groups in total. The Morgan fingerprint density at radius 1 is 1.19 bits per heavy atom. The fourth-order valence-electron chi connectivity index (χ4n) is 2.14. The zero-order valence-corrected chi connectivity index (χ0v) is 10.8. The number of rotatable bonds is 5. The van der Waals surface area contributed by atoms with E-state index < -0.39 is 0 Å². The van der Waals surface area contributed by atoms with E-state index in [1.165, 1.54) is 16.7 Å². The molecule has 16 heavy (non-hydrogen) atoms. The maximum Gasteiger partial charge on any atom is 0.0645 e. The van der Waals surface area contributed by atoms with Gasteiger partial charge in [-0.05, 0) is 32.3 Å². The van der Waals surface area contributed by atoms with Crippen molar-refractivity contribution in [3.05, 3.63) is 34.9 Å². The average molecular weight is 221 g/mol. The van der Waals surface area contributed by atoms with E-state index in [9.17, 15) is 0 Å². The highest BCUT2D eigenvalue weighted by atomic mass is 16.5. The first kappa shape index (κ1) is 13.2. The third kappa shape index (κ3) is 3.62. The van der Waals surface area contributed by atoms with Crippen LogP contribution in [0.25, 0.3) is 0 Å². The normalized spacial score (nSPS) is 14.8. The van der Waals surface area contributed by atoms with Crippen molar-refractivity contribution in [3.8, 4) is 0 Å². The summed E-state index contributed by atoms with van der Waals surface area (Å²) in [6.07, 6.45) is 1.80. The zero-order chi connectivity index (χ0) is 12.2. The first-order chi connectivity index (χ1) is 7.49. The van der Waals surface area contributed by atoms with Crippen molar-refractivity contribution < 1.29 is 4.74 Å². The molecule has 1 aromatic carbocycles. The lowest BCUT2D eigenvalue weighted by Gasteiger charge is -2.27. The summed E-state index contributed by atoms with van der Waals surface area (Å²) in [5.41, 5.74) is 9.97. The first-order valence-corrected chi connectivity index (χ1v) is 5.84. The van der Waals surface area contributed by atoms with Gasteiger partial charge in [-0.15, -0.1) is 0 Å². The highest BCUT2D eigenvalue weighted by Crippen LogP contribution is 2.17. The Labute approximate surface area is 98.8 Å². The summed E-state index contributed by atoms with van der Waals surface area (Å²) in [5.74, 6) is 0. The second kappa shape index (κ2) is 5.46. The zero-order valence-electron chi connectivity index (χ0n) is 10.8. The Kier molecular flexibility index (Phi) is 4.51. The lowest BCUT2D eigenvalue weighted by Crippen LogP contribution is -2.45. The maximum absolute atomic E-state index is 6.31. The number of hydrogen-bond donors (Lipinski definition) is 1. The molecule has 0 fully saturated rings. The summed E-state index contributed by atoms with van der Waals surface area (Å²) in [7, 11) is 1.71. The molecule has 2 heteroatoms. The molecule has 0 aliphatic heterocycles. The Hall–Kier alpha value is -0.860. The van der Waals surface area contributed by atoms with E-state index in [0.29, 0.717) is 6.61 Å². The Morgan fingerprint density at radius 3 is 2.19 bits per heavy atom. The molecule has 0 spiro atoms. The van der Waals surface area contributed by atoms with Crippen molar-refractivity contribution in [2.45, 2.75) is 39.2 Å². The van der Waals surface area contributed by atoms with Crippen molar-refractivity contribution in [3.63, 3.8) is 0 Å². The number of nitrogens with two attached hydrogens (primary N) is 1. The highest BCUT2D eigenvalue weighted by Gasteiger charge is 2.23. The molecular formula is C14H23NO. The van der Waals surface area contributed by atoms with Gasteiger partial charge in [-0.1, -0.05) is 36.2 Å². The standard InChI is InChI=1S/C14H23NO/c1-5-14(15,10-16-4)9-13-7-11(2)6-12(3)8-13/h6-8H,5,9-10,15H2,1-4H3. The number of benzene rings is 1. The van der Waals surface area contributed by atoms with Gasteiger partial charge in [0.2, 0.25) is 0 Å². The van der Waals surface area contributed by atoms with E-state index >= 15 is 0 Å². The number of methoxy groups -OCH3 is 1. The van der Waals surface area contributed by atoms with Gasteiger partial charge in [-0.3, -0.25) is 0 Å². The molecule has 1 rings (SSSR count). The van der Waals surface area contributed by atoms with Crippen LogP contribution in [-0.2, 0) is 11.2 Å². The highest BCUT2D eigenvalue weighted by molar-refractivity contribution is 5.29. The molecule has 2 nitrogen and oxygen atoms in total. The molecule has 0 radical (unpaired) electrons. The lowest BCUT2D eigenvalue weighted by molar-refractivity contribution is 0.129. The van der Waals surface area contributed by atoms with E-state index in [0.717, 1.165) is 12.8 Å². The number of ether oxygens (including phenoxy) is 1. The molecule has 1 unspecified atom stereocenters. The summed E-state index contributed by atoms with van der Waals surface area (Å²) in [4.78, 5) is 0. The first-order valence-electron chi connectivity index (χ1n) is 5.84. The van der Waals surface area contributed by atoms with Crippen molar-refractivity contribution in [2.24, 2.45) is 5.73 Å². The van der Waals surface area contributed by atoms with E-state index in [1.54, 1.807) is 7.11 Å². The number of aryl methyl sites for hydroxylation is 2. The van der Waals surface area contributed by atoms with Crippen molar-refractivity contribution >= 4 is 0 Å². The predicted molar refractivity (Wildman–Crippen MR) is 68.7 cm³/mol. The SMILES string of the molecule is CCC(N)(COC)Cc1cc(C)cc(C)c1. The van der Waals surface area contributed by atoms with Gasteiger partial charge in [0.1, 0.15) is 0 Å². The van der Waals surface area contributed by atoms with Crippen LogP contribution in [0.4, 0.5) is 0 Å². The van der Waals surface area contributed by atoms with Crippen molar-refractivity contribution in [1.29, 1.82) is 0 Å². The van der Waals surface area contributed by atoms with Gasteiger partial charge < -0.3 is 10.5 Å². The van der Waals surface area contributed by atoms with E-state index in [4.69, 9.17) is 10.5 Å².